The predicted octanol–water partition coefficient (Wildman–Crippen LogP) is 5.19. The third kappa shape index (κ3) is 3.84. The molecule has 2 saturated carbocycles. The summed E-state index contributed by atoms with van der Waals surface area (Å²) >= 11 is 0. The highest BCUT2D eigenvalue weighted by molar-refractivity contribution is 5.16. The van der Waals surface area contributed by atoms with Crippen LogP contribution in [0.3, 0.4) is 0 Å². The lowest BCUT2D eigenvalue weighted by atomic mass is 9.94. The molecule has 4 heteroatoms. The first-order valence-corrected chi connectivity index (χ1v) is 11.0. The molecule has 1 spiro atoms. The second kappa shape index (κ2) is 6.97. The second-order valence-corrected chi connectivity index (χ2v) is 11.1. The fourth-order valence-electron chi connectivity index (χ4n) is 4.26. The van der Waals surface area contributed by atoms with Crippen molar-refractivity contribution in [2.45, 2.75) is 111 Å². The van der Waals surface area contributed by atoms with E-state index in [2.05, 4.69) is 62.3 Å². The summed E-state index contributed by atoms with van der Waals surface area (Å²) in [5.41, 5.74) is -0.173. The highest BCUT2D eigenvalue weighted by atomic mass is 16.8. The quantitative estimate of drug-likeness (QED) is 0.579. The van der Waals surface area contributed by atoms with Crippen molar-refractivity contribution in [3.63, 3.8) is 0 Å². The molecule has 1 saturated heterocycles. The van der Waals surface area contributed by atoms with E-state index >= 15 is 0 Å². The smallest absolute Gasteiger partial charge is 0.175 e. The summed E-state index contributed by atoms with van der Waals surface area (Å²) in [6, 6.07) is 0. The fourth-order valence-corrected chi connectivity index (χ4v) is 4.26. The van der Waals surface area contributed by atoms with Crippen LogP contribution in [0.2, 0.25) is 0 Å². The molecule has 1 heterocycles. The summed E-state index contributed by atoms with van der Waals surface area (Å²) in [5, 5.41) is 0. The van der Waals surface area contributed by atoms with E-state index in [0.29, 0.717) is 25.0 Å². The van der Waals surface area contributed by atoms with Crippen LogP contribution >= 0.6 is 0 Å². The molecule has 2 aliphatic carbocycles. The van der Waals surface area contributed by atoms with E-state index in [4.69, 9.17) is 18.9 Å². The van der Waals surface area contributed by atoms with Gasteiger partial charge in [-0.1, -0.05) is 34.6 Å². The van der Waals surface area contributed by atoms with Crippen LogP contribution in [0, 0.1) is 23.2 Å². The maximum Gasteiger partial charge on any atom is 0.175 e. The maximum absolute atomic E-state index is 6.65. The minimum Gasteiger partial charge on any atom is -0.373 e. The van der Waals surface area contributed by atoms with Crippen LogP contribution in [0.1, 0.15) is 81.6 Å². The van der Waals surface area contributed by atoms with Gasteiger partial charge >= 0.3 is 0 Å². The van der Waals surface area contributed by atoms with Gasteiger partial charge in [-0.05, 0) is 58.3 Å². The summed E-state index contributed by atoms with van der Waals surface area (Å²) in [4.78, 5) is 0. The first-order chi connectivity index (χ1) is 12.3. The van der Waals surface area contributed by atoms with Crippen molar-refractivity contribution in [1.82, 2.24) is 0 Å². The Balaban J connectivity index is 1.70. The Hall–Kier alpha value is -0.160. The average molecular weight is 383 g/mol. The molecule has 0 amide bonds. The summed E-state index contributed by atoms with van der Waals surface area (Å²) in [6.07, 6.45) is 3.31. The summed E-state index contributed by atoms with van der Waals surface area (Å²) < 4.78 is 25.9. The minimum absolute atomic E-state index is 0.0674. The molecule has 158 valence electrons. The van der Waals surface area contributed by atoms with Gasteiger partial charge in [0, 0.05) is 11.8 Å². The Kier molecular flexibility index (Phi) is 5.56. The first-order valence-electron chi connectivity index (χ1n) is 11.0. The number of rotatable bonds is 8. The van der Waals surface area contributed by atoms with E-state index in [1.54, 1.807) is 0 Å². The van der Waals surface area contributed by atoms with Crippen LogP contribution in [0.4, 0.5) is 0 Å². The van der Waals surface area contributed by atoms with Crippen LogP contribution in [-0.2, 0) is 18.9 Å². The molecule has 4 atom stereocenters. The Morgan fingerprint density at radius 1 is 0.889 bits per heavy atom. The standard InChI is InChI=1S/C23H42O4/c1-15(2)20(5,6)24-13-18-19(14-25-21(7,8)16(3)4)27-23(26-18)11-10-17-12-22(17,23)9/h15-19H,10-14H2,1-9H3/t17-,18-,19-,22+/m0/s1. The highest BCUT2D eigenvalue weighted by Gasteiger charge is 2.73. The topological polar surface area (TPSA) is 36.9 Å². The van der Waals surface area contributed by atoms with Crippen LogP contribution < -0.4 is 0 Å². The molecular formula is C23H42O4. The van der Waals surface area contributed by atoms with Gasteiger partial charge in [0.05, 0.1) is 24.4 Å². The molecule has 0 unspecified atom stereocenters. The molecule has 0 aromatic carbocycles. The van der Waals surface area contributed by atoms with Crippen molar-refractivity contribution in [2.75, 3.05) is 13.2 Å². The molecule has 3 aliphatic rings. The van der Waals surface area contributed by atoms with Gasteiger partial charge < -0.3 is 18.9 Å². The van der Waals surface area contributed by atoms with Gasteiger partial charge in [0.1, 0.15) is 12.2 Å². The molecular weight excluding hydrogens is 340 g/mol. The van der Waals surface area contributed by atoms with Gasteiger partial charge in [-0.3, -0.25) is 0 Å². The van der Waals surface area contributed by atoms with Crippen molar-refractivity contribution in [3.8, 4) is 0 Å². The zero-order chi connectivity index (χ0) is 20.3. The minimum atomic E-state index is -0.427. The average Bonchev–Trinajstić information content (AvgIpc) is 3.00. The normalized spacial score (nSPS) is 35.4. The lowest BCUT2D eigenvalue weighted by molar-refractivity contribution is -0.220. The Labute approximate surface area is 166 Å². The van der Waals surface area contributed by atoms with Crippen molar-refractivity contribution < 1.29 is 18.9 Å². The van der Waals surface area contributed by atoms with Gasteiger partial charge in [0.2, 0.25) is 0 Å². The first kappa shape index (κ1) is 21.5. The molecule has 1 aliphatic heterocycles. The van der Waals surface area contributed by atoms with E-state index in [0.717, 1.165) is 12.3 Å². The Morgan fingerprint density at radius 2 is 1.33 bits per heavy atom. The van der Waals surface area contributed by atoms with E-state index < -0.39 is 5.79 Å². The molecule has 27 heavy (non-hydrogen) atoms. The number of hydrogen-bond donors (Lipinski definition) is 0. The van der Waals surface area contributed by atoms with E-state index in [9.17, 15) is 0 Å². The molecule has 0 N–H and O–H groups in total. The second-order valence-electron chi connectivity index (χ2n) is 11.1. The largest absolute Gasteiger partial charge is 0.373 e. The Bertz CT molecular complexity index is 504. The lowest BCUT2D eigenvalue weighted by Crippen LogP contribution is -2.41. The lowest BCUT2D eigenvalue weighted by Gasteiger charge is -2.33. The van der Waals surface area contributed by atoms with Crippen molar-refractivity contribution >= 4 is 0 Å². The fraction of sp³-hybridized carbons (Fsp3) is 1.00. The molecule has 0 aromatic heterocycles. The van der Waals surface area contributed by atoms with Crippen LogP contribution in [-0.4, -0.2) is 42.4 Å². The van der Waals surface area contributed by atoms with E-state index in [-0.39, 0.29) is 28.8 Å². The SMILES string of the molecule is CC(C)C(C)(C)OC[C@@H]1OC2(CC[C@H]3C[C@]32C)O[C@H]1COC(C)(C)C(C)C. The van der Waals surface area contributed by atoms with Gasteiger partial charge in [-0.2, -0.15) is 0 Å². The predicted molar refractivity (Wildman–Crippen MR) is 108 cm³/mol. The molecule has 0 radical (unpaired) electrons. The van der Waals surface area contributed by atoms with Gasteiger partial charge in [-0.15, -0.1) is 0 Å². The van der Waals surface area contributed by atoms with Crippen LogP contribution in [0.5, 0.6) is 0 Å². The summed E-state index contributed by atoms with van der Waals surface area (Å²) in [7, 11) is 0. The van der Waals surface area contributed by atoms with Gasteiger partial charge in [0.15, 0.2) is 5.79 Å². The molecule has 0 bridgehead atoms. The van der Waals surface area contributed by atoms with E-state index in [1.807, 2.05) is 0 Å². The molecule has 3 rings (SSSR count). The van der Waals surface area contributed by atoms with E-state index in [1.165, 1.54) is 12.8 Å². The zero-order valence-electron chi connectivity index (χ0n) is 19.1. The number of ether oxygens (including phenoxy) is 4. The highest BCUT2D eigenvalue weighted by Crippen LogP contribution is 2.71. The zero-order valence-corrected chi connectivity index (χ0v) is 19.1. The molecule has 0 aromatic rings. The van der Waals surface area contributed by atoms with Crippen molar-refractivity contribution in [2.24, 2.45) is 23.2 Å². The third-order valence-electron chi connectivity index (χ3n) is 8.22. The van der Waals surface area contributed by atoms with Crippen molar-refractivity contribution in [3.05, 3.63) is 0 Å². The number of fused-ring (bicyclic) bond motifs is 2. The summed E-state index contributed by atoms with van der Waals surface area (Å²) in [5.74, 6) is 1.22. The summed E-state index contributed by atoms with van der Waals surface area (Å²) in [6.45, 7) is 20.9. The molecule has 4 nitrogen and oxygen atoms in total. The number of hydrogen-bond acceptors (Lipinski definition) is 4. The Morgan fingerprint density at radius 3 is 1.63 bits per heavy atom. The van der Waals surface area contributed by atoms with Gasteiger partial charge in [-0.25, -0.2) is 0 Å². The maximum atomic E-state index is 6.65. The van der Waals surface area contributed by atoms with Crippen molar-refractivity contribution in [1.29, 1.82) is 0 Å². The van der Waals surface area contributed by atoms with Crippen LogP contribution in [0.25, 0.3) is 0 Å². The third-order valence-corrected chi connectivity index (χ3v) is 8.22. The van der Waals surface area contributed by atoms with Crippen LogP contribution in [0.15, 0.2) is 0 Å². The van der Waals surface area contributed by atoms with Gasteiger partial charge in [0.25, 0.3) is 0 Å². The monoisotopic (exact) mass is 382 g/mol. The molecule has 3 fully saturated rings.